The monoisotopic (exact) mass is 360 g/mol. The summed E-state index contributed by atoms with van der Waals surface area (Å²) in [4.78, 5) is 32.3. The van der Waals surface area contributed by atoms with Gasteiger partial charge in [0.25, 0.3) is 5.91 Å². The van der Waals surface area contributed by atoms with Gasteiger partial charge in [-0.3, -0.25) is 9.59 Å². The summed E-state index contributed by atoms with van der Waals surface area (Å²) < 4.78 is 0. The van der Waals surface area contributed by atoms with E-state index in [0.29, 0.717) is 23.7 Å². The van der Waals surface area contributed by atoms with Crippen LogP contribution in [0.1, 0.15) is 38.9 Å². The van der Waals surface area contributed by atoms with Gasteiger partial charge in [-0.25, -0.2) is 9.97 Å². The van der Waals surface area contributed by atoms with E-state index in [1.165, 1.54) is 13.1 Å². The SMILES string of the molecule is CC(=O)c1cccc(Nc2nccc(C(=O)NCc3cccc(C)c3)n2)c1. The van der Waals surface area contributed by atoms with Crippen molar-refractivity contribution in [1.82, 2.24) is 15.3 Å². The minimum atomic E-state index is -0.278. The first-order valence-corrected chi connectivity index (χ1v) is 8.56. The molecule has 0 radical (unpaired) electrons. The van der Waals surface area contributed by atoms with Crippen LogP contribution in [0.25, 0.3) is 0 Å². The Balaban J connectivity index is 1.68. The van der Waals surface area contributed by atoms with E-state index in [0.717, 1.165) is 11.1 Å². The average Bonchev–Trinajstić information content (AvgIpc) is 2.66. The molecule has 2 aromatic carbocycles. The van der Waals surface area contributed by atoms with E-state index >= 15 is 0 Å². The van der Waals surface area contributed by atoms with E-state index in [1.807, 2.05) is 31.2 Å². The van der Waals surface area contributed by atoms with Gasteiger partial charge in [-0.15, -0.1) is 0 Å². The Labute approximate surface area is 157 Å². The van der Waals surface area contributed by atoms with Gasteiger partial charge in [0.05, 0.1) is 0 Å². The van der Waals surface area contributed by atoms with Gasteiger partial charge in [0.2, 0.25) is 5.95 Å². The second-order valence-corrected chi connectivity index (χ2v) is 6.20. The number of Topliss-reactive ketones (excluding diaryl/α,β-unsaturated/α-hetero) is 1. The van der Waals surface area contributed by atoms with Crippen molar-refractivity contribution >= 4 is 23.3 Å². The van der Waals surface area contributed by atoms with E-state index in [4.69, 9.17) is 0 Å². The van der Waals surface area contributed by atoms with Crippen LogP contribution in [0.15, 0.2) is 60.8 Å². The Bertz CT molecular complexity index is 985. The standard InChI is InChI=1S/C21H20N4O2/c1-14-5-3-6-16(11-14)13-23-20(27)19-9-10-22-21(25-19)24-18-8-4-7-17(12-18)15(2)26/h3-12H,13H2,1-2H3,(H,23,27)(H,22,24,25). The normalized spacial score (nSPS) is 10.3. The third kappa shape index (κ3) is 4.98. The van der Waals surface area contributed by atoms with E-state index < -0.39 is 0 Å². The van der Waals surface area contributed by atoms with Crippen molar-refractivity contribution in [2.45, 2.75) is 20.4 Å². The number of hydrogen-bond acceptors (Lipinski definition) is 5. The highest BCUT2D eigenvalue weighted by molar-refractivity contribution is 5.95. The smallest absolute Gasteiger partial charge is 0.270 e. The number of amides is 1. The molecule has 6 heteroatoms. The molecule has 0 unspecified atom stereocenters. The summed E-state index contributed by atoms with van der Waals surface area (Å²) in [6.07, 6.45) is 1.52. The van der Waals surface area contributed by atoms with Gasteiger partial charge in [-0.2, -0.15) is 0 Å². The van der Waals surface area contributed by atoms with Crippen molar-refractivity contribution in [2.75, 3.05) is 5.32 Å². The first-order valence-electron chi connectivity index (χ1n) is 8.56. The number of aromatic nitrogens is 2. The summed E-state index contributed by atoms with van der Waals surface area (Å²) in [6, 6.07) is 16.5. The minimum Gasteiger partial charge on any atom is -0.347 e. The van der Waals surface area contributed by atoms with Gasteiger partial charge in [0.1, 0.15) is 5.69 Å². The molecule has 136 valence electrons. The summed E-state index contributed by atoms with van der Waals surface area (Å²) >= 11 is 0. The zero-order valence-corrected chi connectivity index (χ0v) is 15.2. The van der Waals surface area contributed by atoms with Crippen LogP contribution in [0.3, 0.4) is 0 Å². The summed E-state index contributed by atoms with van der Waals surface area (Å²) in [7, 11) is 0. The highest BCUT2D eigenvalue weighted by Crippen LogP contribution is 2.15. The Morgan fingerprint density at radius 3 is 2.63 bits per heavy atom. The quantitative estimate of drug-likeness (QED) is 0.656. The molecule has 0 saturated heterocycles. The van der Waals surface area contributed by atoms with E-state index in [1.54, 1.807) is 30.3 Å². The van der Waals surface area contributed by atoms with Crippen molar-refractivity contribution in [1.29, 1.82) is 0 Å². The lowest BCUT2D eigenvalue weighted by Gasteiger charge is -2.08. The number of rotatable bonds is 6. The molecule has 3 aromatic rings. The summed E-state index contributed by atoms with van der Waals surface area (Å²) in [6.45, 7) is 3.94. The maximum Gasteiger partial charge on any atom is 0.270 e. The molecule has 0 aliphatic rings. The van der Waals surface area contributed by atoms with Gasteiger partial charge >= 0.3 is 0 Å². The average molecular weight is 360 g/mol. The number of aryl methyl sites for hydroxylation is 1. The zero-order valence-electron chi connectivity index (χ0n) is 15.2. The molecule has 0 spiro atoms. The van der Waals surface area contributed by atoms with E-state index in [2.05, 4.69) is 20.6 Å². The third-order valence-corrected chi connectivity index (χ3v) is 3.95. The lowest BCUT2D eigenvalue weighted by Crippen LogP contribution is -2.24. The number of carbonyl (C=O) groups is 2. The van der Waals surface area contributed by atoms with Crippen molar-refractivity contribution < 1.29 is 9.59 Å². The van der Waals surface area contributed by atoms with Gasteiger partial charge in [-0.05, 0) is 37.6 Å². The van der Waals surface area contributed by atoms with E-state index in [-0.39, 0.29) is 17.4 Å². The second-order valence-electron chi connectivity index (χ2n) is 6.20. The van der Waals surface area contributed by atoms with E-state index in [9.17, 15) is 9.59 Å². The maximum absolute atomic E-state index is 12.4. The maximum atomic E-state index is 12.4. The Morgan fingerprint density at radius 2 is 1.85 bits per heavy atom. The number of carbonyl (C=O) groups excluding carboxylic acids is 2. The summed E-state index contributed by atoms with van der Waals surface area (Å²) in [5, 5.41) is 5.88. The Kier molecular flexibility index (Phi) is 5.56. The third-order valence-electron chi connectivity index (χ3n) is 3.95. The zero-order chi connectivity index (χ0) is 19.2. The first-order chi connectivity index (χ1) is 13.0. The minimum absolute atomic E-state index is 0.0242. The second kappa shape index (κ2) is 8.23. The van der Waals surface area contributed by atoms with Crippen molar-refractivity contribution in [2.24, 2.45) is 0 Å². The van der Waals surface area contributed by atoms with Crippen molar-refractivity contribution in [3.05, 3.63) is 83.2 Å². The predicted octanol–water partition coefficient (Wildman–Crippen LogP) is 3.66. The number of nitrogens with one attached hydrogen (secondary N) is 2. The predicted molar refractivity (Wildman–Crippen MR) is 104 cm³/mol. The molecular weight excluding hydrogens is 340 g/mol. The largest absolute Gasteiger partial charge is 0.347 e. The molecule has 0 aliphatic heterocycles. The van der Waals surface area contributed by atoms with Crippen LogP contribution in [0, 0.1) is 6.92 Å². The molecule has 27 heavy (non-hydrogen) atoms. The summed E-state index contributed by atoms with van der Waals surface area (Å²) in [5.74, 6) is -0.0119. The number of ketones is 1. The van der Waals surface area contributed by atoms with Crippen LogP contribution >= 0.6 is 0 Å². The fourth-order valence-corrected chi connectivity index (χ4v) is 2.59. The van der Waals surface area contributed by atoms with Crippen LogP contribution in [0.5, 0.6) is 0 Å². The molecule has 6 nitrogen and oxygen atoms in total. The molecule has 0 atom stereocenters. The Morgan fingerprint density at radius 1 is 1.04 bits per heavy atom. The fourth-order valence-electron chi connectivity index (χ4n) is 2.59. The van der Waals surface area contributed by atoms with Crippen LogP contribution in [0.2, 0.25) is 0 Å². The van der Waals surface area contributed by atoms with Crippen LogP contribution in [-0.4, -0.2) is 21.7 Å². The van der Waals surface area contributed by atoms with Crippen molar-refractivity contribution in [3.8, 4) is 0 Å². The van der Waals surface area contributed by atoms with Crippen molar-refractivity contribution in [3.63, 3.8) is 0 Å². The Hall–Kier alpha value is -3.54. The number of nitrogens with zero attached hydrogens (tertiary/aromatic N) is 2. The highest BCUT2D eigenvalue weighted by atomic mass is 16.1. The molecule has 1 heterocycles. The van der Waals surface area contributed by atoms with Gasteiger partial charge in [-0.1, -0.05) is 42.0 Å². The molecule has 0 aliphatic carbocycles. The molecule has 1 amide bonds. The van der Waals surface area contributed by atoms with Gasteiger partial charge < -0.3 is 10.6 Å². The van der Waals surface area contributed by atoms with Crippen LogP contribution in [-0.2, 0) is 6.54 Å². The number of benzene rings is 2. The fraction of sp³-hybridized carbons (Fsp3) is 0.143. The lowest BCUT2D eigenvalue weighted by molar-refractivity contribution is 0.0945. The summed E-state index contributed by atoms with van der Waals surface area (Å²) in [5.41, 5.74) is 3.70. The van der Waals surface area contributed by atoms with Crippen LogP contribution in [0.4, 0.5) is 11.6 Å². The molecule has 1 aromatic heterocycles. The highest BCUT2D eigenvalue weighted by Gasteiger charge is 2.09. The number of hydrogen-bond donors (Lipinski definition) is 2. The molecule has 0 bridgehead atoms. The number of anilines is 2. The van der Waals surface area contributed by atoms with Gasteiger partial charge in [0.15, 0.2) is 5.78 Å². The van der Waals surface area contributed by atoms with Crippen LogP contribution < -0.4 is 10.6 Å². The molecule has 0 saturated carbocycles. The van der Waals surface area contributed by atoms with Gasteiger partial charge in [0, 0.05) is 24.0 Å². The first kappa shape index (κ1) is 18.3. The molecular formula is C21H20N4O2. The molecule has 2 N–H and O–H groups in total. The molecule has 3 rings (SSSR count). The topological polar surface area (TPSA) is 84.0 Å². The lowest BCUT2D eigenvalue weighted by atomic mass is 10.1. The molecule has 0 fully saturated rings.